The smallest absolute Gasteiger partial charge is 0.0431 e. The van der Waals surface area contributed by atoms with Crippen LogP contribution in [0.15, 0.2) is 0 Å². The van der Waals surface area contributed by atoms with Crippen LogP contribution in [0.25, 0.3) is 0 Å². The molecule has 1 N–H and O–H groups in total. The molecule has 0 heterocycles. The molecule has 2 nitrogen and oxygen atoms in total. The van der Waals surface area contributed by atoms with E-state index >= 15 is 0 Å². The van der Waals surface area contributed by atoms with Crippen LogP contribution in [0.2, 0.25) is 0 Å². The Labute approximate surface area is 95.7 Å². The van der Waals surface area contributed by atoms with Gasteiger partial charge in [-0.05, 0) is 38.8 Å². The Morgan fingerprint density at radius 3 is 2.00 bits per heavy atom. The molecule has 0 fully saturated rings. The molecule has 2 heteroatoms. The molecule has 0 atom stereocenters. The molecule has 0 spiro atoms. The number of nitrogens with zero attached hydrogens (tertiary/aromatic N) is 1. The van der Waals surface area contributed by atoms with Crippen molar-refractivity contribution in [3.05, 3.63) is 0 Å². The summed E-state index contributed by atoms with van der Waals surface area (Å²) in [6.45, 7) is 9.42. The third-order valence-corrected chi connectivity index (χ3v) is 3.02. The van der Waals surface area contributed by atoms with Crippen LogP contribution in [0.1, 0.15) is 59.3 Å². The summed E-state index contributed by atoms with van der Waals surface area (Å²) < 4.78 is 0. The summed E-state index contributed by atoms with van der Waals surface area (Å²) in [5.74, 6) is 0. The Morgan fingerprint density at radius 1 is 1.00 bits per heavy atom. The van der Waals surface area contributed by atoms with Crippen molar-refractivity contribution in [3.8, 4) is 0 Å². The Balaban J connectivity index is 3.93. The maximum absolute atomic E-state index is 8.78. The largest absolute Gasteiger partial charge is 0.396 e. The summed E-state index contributed by atoms with van der Waals surface area (Å²) in [6.07, 6.45) is 7.28. The van der Waals surface area contributed by atoms with Crippen molar-refractivity contribution in [3.63, 3.8) is 0 Å². The molecule has 0 aliphatic heterocycles. The highest BCUT2D eigenvalue weighted by Crippen LogP contribution is 2.13. The molecule has 15 heavy (non-hydrogen) atoms. The first-order chi connectivity index (χ1) is 7.29. The van der Waals surface area contributed by atoms with Crippen LogP contribution >= 0.6 is 0 Å². The van der Waals surface area contributed by atoms with E-state index in [2.05, 4.69) is 25.7 Å². The van der Waals surface area contributed by atoms with E-state index in [0.29, 0.717) is 6.61 Å². The maximum Gasteiger partial charge on any atom is 0.0431 e. The number of aliphatic hydroxyl groups is 1. The molecule has 0 radical (unpaired) electrons. The third kappa shape index (κ3) is 6.91. The lowest BCUT2D eigenvalue weighted by Gasteiger charge is -2.30. The third-order valence-electron chi connectivity index (χ3n) is 3.02. The van der Waals surface area contributed by atoms with Gasteiger partial charge in [-0.15, -0.1) is 0 Å². The quantitative estimate of drug-likeness (QED) is 0.566. The molecule has 0 saturated carbocycles. The van der Waals surface area contributed by atoms with Crippen LogP contribution in [0.3, 0.4) is 0 Å². The lowest BCUT2D eigenvalue weighted by Crippen LogP contribution is -2.36. The highest BCUT2D eigenvalue weighted by molar-refractivity contribution is 4.70. The van der Waals surface area contributed by atoms with E-state index in [1.165, 1.54) is 25.7 Å². The van der Waals surface area contributed by atoms with Crippen molar-refractivity contribution in [2.45, 2.75) is 65.3 Å². The van der Waals surface area contributed by atoms with Gasteiger partial charge in [-0.1, -0.05) is 33.6 Å². The van der Waals surface area contributed by atoms with E-state index in [0.717, 1.165) is 32.0 Å². The van der Waals surface area contributed by atoms with Crippen molar-refractivity contribution in [1.29, 1.82) is 0 Å². The molecule has 0 unspecified atom stereocenters. The van der Waals surface area contributed by atoms with E-state index in [4.69, 9.17) is 5.11 Å². The van der Waals surface area contributed by atoms with Crippen LogP contribution in [0, 0.1) is 0 Å². The molecule has 0 aromatic carbocycles. The van der Waals surface area contributed by atoms with Crippen molar-refractivity contribution in [2.24, 2.45) is 0 Å². The predicted octanol–water partition coefficient (Wildman–Crippen LogP) is 3.05. The summed E-state index contributed by atoms with van der Waals surface area (Å²) in [5.41, 5.74) is 0. The zero-order chi connectivity index (χ0) is 11.5. The second-order valence-corrected chi connectivity index (χ2v) is 4.29. The number of aliphatic hydroxyl groups excluding tert-OH is 1. The average molecular weight is 215 g/mol. The summed E-state index contributed by atoms with van der Waals surface area (Å²) in [5, 5.41) is 8.78. The SMILES string of the molecule is CCCC(CCC)N(CC)CCCCO. The highest BCUT2D eigenvalue weighted by Gasteiger charge is 2.14. The van der Waals surface area contributed by atoms with Crippen molar-refractivity contribution < 1.29 is 5.11 Å². The van der Waals surface area contributed by atoms with Gasteiger partial charge in [0.1, 0.15) is 0 Å². The first-order valence-corrected chi connectivity index (χ1v) is 6.64. The van der Waals surface area contributed by atoms with Gasteiger partial charge in [0.25, 0.3) is 0 Å². The molecular weight excluding hydrogens is 186 g/mol. The zero-order valence-electron chi connectivity index (χ0n) is 10.8. The van der Waals surface area contributed by atoms with Crippen molar-refractivity contribution >= 4 is 0 Å². The standard InChI is InChI=1S/C13H29NO/c1-4-9-13(10-5-2)14(6-3)11-7-8-12-15/h13,15H,4-12H2,1-3H3. The minimum Gasteiger partial charge on any atom is -0.396 e. The van der Waals surface area contributed by atoms with E-state index < -0.39 is 0 Å². The second-order valence-electron chi connectivity index (χ2n) is 4.29. The lowest BCUT2D eigenvalue weighted by atomic mass is 10.0. The van der Waals surface area contributed by atoms with Crippen LogP contribution in [-0.4, -0.2) is 35.7 Å². The predicted molar refractivity (Wildman–Crippen MR) is 67.2 cm³/mol. The number of hydrogen-bond acceptors (Lipinski definition) is 2. The molecule has 0 rings (SSSR count). The minimum absolute atomic E-state index is 0.337. The first-order valence-electron chi connectivity index (χ1n) is 6.64. The van der Waals surface area contributed by atoms with Gasteiger partial charge >= 0.3 is 0 Å². The van der Waals surface area contributed by atoms with Gasteiger partial charge in [0.15, 0.2) is 0 Å². The monoisotopic (exact) mass is 215 g/mol. The first kappa shape index (κ1) is 14.9. The fraction of sp³-hybridized carbons (Fsp3) is 1.00. The van der Waals surface area contributed by atoms with Gasteiger partial charge in [0, 0.05) is 12.6 Å². The highest BCUT2D eigenvalue weighted by atomic mass is 16.2. The zero-order valence-corrected chi connectivity index (χ0v) is 10.8. The van der Waals surface area contributed by atoms with Crippen LogP contribution in [-0.2, 0) is 0 Å². The second kappa shape index (κ2) is 10.4. The van der Waals surface area contributed by atoms with E-state index in [1.807, 2.05) is 0 Å². The fourth-order valence-corrected chi connectivity index (χ4v) is 2.20. The number of hydrogen-bond donors (Lipinski definition) is 1. The molecule has 0 aliphatic carbocycles. The van der Waals surface area contributed by atoms with Crippen LogP contribution < -0.4 is 0 Å². The number of unbranched alkanes of at least 4 members (excludes halogenated alkanes) is 1. The van der Waals surface area contributed by atoms with Crippen LogP contribution in [0.4, 0.5) is 0 Å². The van der Waals surface area contributed by atoms with Crippen molar-refractivity contribution in [2.75, 3.05) is 19.7 Å². The van der Waals surface area contributed by atoms with Gasteiger partial charge in [-0.3, -0.25) is 0 Å². The van der Waals surface area contributed by atoms with Gasteiger partial charge in [-0.2, -0.15) is 0 Å². The van der Waals surface area contributed by atoms with Crippen LogP contribution in [0.5, 0.6) is 0 Å². The van der Waals surface area contributed by atoms with Crippen molar-refractivity contribution in [1.82, 2.24) is 4.90 Å². The van der Waals surface area contributed by atoms with E-state index in [1.54, 1.807) is 0 Å². The van der Waals surface area contributed by atoms with Gasteiger partial charge in [0.05, 0.1) is 0 Å². The van der Waals surface area contributed by atoms with Gasteiger partial charge in [0.2, 0.25) is 0 Å². The fourth-order valence-electron chi connectivity index (χ4n) is 2.20. The topological polar surface area (TPSA) is 23.5 Å². The molecule has 0 amide bonds. The maximum atomic E-state index is 8.78. The summed E-state index contributed by atoms with van der Waals surface area (Å²) in [4.78, 5) is 2.59. The number of rotatable bonds is 10. The Morgan fingerprint density at radius 2 is 1.60 bits per heavy atom. The Hall–Kier alpha value is -0.0800. The van der Waals surface area contributed by atoms with E-state index in [-0.39, 0.29) is 0 Å². The normalized spacial score (nSPS) is 11.6. The van der Waals surface area contributed by atoms with Gasteiger partial charge in [-0.25, -0.2) is 0 Å². The molecule has 0 bridgehead atoms. The average Bonchev–Trinajstić information content (AvgIpc) is 2.24. The molecule has 0 aromatic heterocycles. The molecule has 0 aromatic rings. The molecule has 92 valence electrons. The summed E-state index contributed by atoms with van der Waals surface area (Å²) in [7, 11) is 0. The Bertz CT molecular complexity index is 122. The minimum atomic E-state index is 0.337. The lowest BCUT2D eigenvalue weighted by molar-refractivity contribution is 0.174. The molecule has 0 saturated heterocycles. The molecular formula is C13H29NO. The van der Waals surface area contributed by atoms with E-state index in [9.17, 15) is 0 Å². The van der Waals surface area contributed by atoms with Gasteiger partial charge < -0.3 is 10.0 Å². The summed E-state index contributed by atoms with van der Waals surface area (Å²) in [6, 6.07) is 0.767. The molecule has 0 aliphatic rings. The Kier molecular flexibility index (Phi) is 10.4. The summed E-state index contributed by atoms with van der Waals surface area (Å²) >= 11 is 0.